The van der Waals surface area contributed by atoms with Crippen molar-refractivity contribution in [2.75, 3.05) is 20.6 Å². The normalized spacial score (nSPS) is 10.6. The number of hydrogen-bond donors (Lipinski definition) is 1. The summed E-state index contributed by atoms with van der Waals surface area (Å²) in [4.78, 5) is 13.3. The van der Waals surface area contributed by atoms with Crippen LogP contribution in [-0.4, -0.2) is 31.4 Å². The number of rotatable bonds is 5. The Morgan fingerprint density at radius 1 is 1.33 bits per heavy atom. The molecule has 0 aliphatic heterocycles. The number of amides is 1. The molecular weight excluding hydrogens is 188 g/mol. The molecule has 3 heteroatoms. The minimum Gasteiger partial charge on any atom is -0.366 e. The lowest BCUT2D eigenvalue weighted by molar-refractivity contribution is 0.0999. The SMILES string of the molecule is CN(C)CCCc1ccccc1C(N)=O. The molecular formula is C12H18N2O. The van der Waals surface area contributed by atoms with Crippen LogP contribution >= 0.6 is 0 Å². The number of benzene rings is 1. The van der Waals surface area contributed by atoms with Gasteiger partial charge in [-0.1, -0.05) is 18.2 Å². The van der Waals surface area contributed by atoms with Gasteiger partial charge in [0.1, 0.15) is 0 Å². The lowest BCUT2D eigenvalue weighted by atomic mass is 10.0. The van der Waals surface area contributed by atoms with Gasteiger partial charge in [-0.3, -0.25) is 4.79 Å². The van der Waals surface area contributed by atoms with Gasteiger partial charge in [0.2, 0.25) is 5.91 Å². The Kier molecular flexibility index (Phi) is 4.31. The molecule has 3 nitrogen and oxygen atoms in total. The largest absolute Gasteiger partial charge is 0.366 e. The van der Waals surface area contributed by atoms with E-state index >= 15 is 0 Å². The van der Waals surface area contributed by atoms with Gasteiger partial charge >= 0.3 is 0 Å². The van der Waals surface area contributed by atoms with Crippen molar-refractivity contribution in [1.29, 1.82) is 0 Å². The second kappa shape index (κ2) is 5.51. The summed E-state index contributed by atoms with van der Waals surface area (Å²) in [6.07, 6.45) is 1.94. The first kappa shape index (κ1) is 11.7. The zero-order chi connectivity index (χ0) is 11.3. The van der Waals surface area contributed by atoms with E-state index in [4.69, 9.17) is 5.73 Å². The van der Waals surface area contributed by atoms with Crippen molar-refractivity contribution in [2.24, 2.45) is 5.73 Å². The predicted octanol–water partition coefficient (Wildman–Crippen LogP) is 1.28. The number of aryl methyl sites for hydroxylation is 1. The fraction of sp³-hybridized carbons (Fsp3) is 0.417. The van der Waals surface area contributed by atoms with Gasteiger partial charge in [0.25, 0.3) is 0 Å². The number of carbonyl (C=O) groups is 1. The van der Waals surface area contributed by atoms with Crippen LogP contribution < -0.4 is 5.73 Å². The highest BCUT2D eigenvalue weighted by molar-refractivity contribution is 5.94. The zero-order valence-corrected chi connectivity index (χ0v) is 9.36. The smallest absolute Gasteiger partial charge is 0.248 e. The Labute approximate surface area is 90.9 Å². The first-order chi connectivity index (χ1) is 7.11. The third-order valence-electron chi connectivity index (χ3n) is 2.33. The second-order valence-electron chi connectivity index (χ2n) is 3.93. The van der Waals surface area contributed by atoms with E-state index in [1.54, 1.807) is 6.07 Å². The third-order valence-corrected chi connectivity index (χ3v) is 2.33. The summed E-state index contributed by atoms with van der Waals surface area (Å²) in [6, 6.07) is 7.54. The van der Waals surface area contributed by atoms with Crippen molar-refractivity contribution in [3.63, 3.8) is 0 Å². The minimum atomic E-state index is -0.338. The lowest BCUT2D eigenvalue weighted by Gasteiger charge is -2.10. The molecule has 0 saturated heterocycles. The maximum absolute atomic E-state index is 11.1. The standard InChI is InChI=1S/C12H18N2O/c1-14(2)9-5-7-10-6-3-4-8-11(10)12(13)15/h3-4,6,8H,5,7,9H2,1-2H3,(H2,13,15). The molecule has 82 valence electrons. The number of carbonyl (C=O) groups excluding carboxylic acids is 1. The number of hydrogen-bond acceptors (Lipinski definition) is 2. The summed E-state index contributed by atoms with van der Waals surface area (Å²) in [5.74, 6) is -0.338. The highest BCUT2D eigenvalue weighted by atomic mass is 16.1. The molecule has 0 saturated carbocycles. The van der Waals surface area contributed by atoms with E-state index in [-0.39, 0.29) is 5.91 Å². The third kappa shape index (κ3) is 3.72. The summed E-state index contributed by atoms with van der Waals surface area (Å²) in [6.45, 7) is 1.02. The molecule has 0 spiro atoms. The Morgan fingerprint density at radius 3 is 2.60 bits per heavy atom. The molecule has 0 atom stereocenters. The Bertz CT molecular complexity index is 334. The van der Waals surface area contributed by atoms with E-state index in [1.807, 2.05) is 32.3 Å². The average molecular weight is 206 g/mol. The van der Waals surface area contributed by atoms with Crippen molar-refractivity contribution in [3.8, 4) is 0 Å². The Balaban J connectivity index is 2.63. The van der Waals surface area contributed by atoms with Gasteiger partial charge in [-0.25, -0.2) is 0 Å². The molecule has 0 aliphatic rings. The quantitative estimate of drug-likeness (QED) is 0.788. The Morgan fingerprint density at radius 2 is 2.00 bits per heavy atom. The molecule has 2 N–H and O–H groups in total. The summed E-state index contributed by atoms with van der Waals surface area (Å²) in [5.41, 5.74) is 6.99. The van der Waals surface area contributed by atoms with Gasteiger partial charge in [-0.15, -0.1) is 0 Å². The van der Waals surface area contributed by atoms with E-state index < -0.39 is 0 Å². The van der Waals surface area contributed by atoms with Crippen molar-refractivity contribution in [2.45, 2.75) is 12.8 Å². The molecule has 0 unspecified atom stereocenters. The van der Waals surface area contributed by atoms with Crippen LogP contribution in [0.1, 0.15) is 22.3 Å². The molecule has 15 heavy (non-hydrogen) atoms. The number of nitrogens with zero attached hydrogens (tertiary/aromatic N) is 1. The van der Waals surface area contributed by atoms with Gasteiger partial charge in [-0.05, 0) is 45.1 Å². The maximum Gasteiger partial charge on any atom is 0.248 e. The van der Waals surface area contributed by atoms with E-state index in [0.717, 1.165) is 24.9 Å². The monoisotopic (exact) mass is 206 g/mol. The molecule has 0 aromatic heterocycles. The van der Waals surface area contributed by atoms with Crippen LogP contribution in [0.15, 0.2) is 24.3 Å². The summed E-state index contributed by atoms with van der Waals surface area (Å²) in [7, 11) is 4.08. The molecule has 0 radical (unpaired) electrons. The fourth-order valence-electron chi connectivity index (χ4n) is 1.56. The van der Waals surface area contributed by atoms with E-state index in [1.165, 1.54) is 0 Å². The molecule has 1 aromatic rings. The van der Waals surface area contributed by atoms with Crippen LogP contribution in [-0.2, 0) is 6.42 Å². The van der Waals surface area contributed by atoms with Gasteiger partial charge in [0, 0.05) is 5.56 Å². The van der Waals surface area contributed by atoms with Crippen LogP contribution in [0.4, 0.5) is 0 Å². The fourth-order valence-corrected chi connectivity index (χ4v) is 1.56. The molecule has 0 fully saturated rings. The van der Waals surface area contributed by atoms with Gasteiger partial charge in [0.05, 0.1) is 0 Å². The van der Waals surface area contributed by atoms with Gasteiger partial charge < -0.3 is 10.6 Å². The molecule has 0 bridgehead atoms. The zero-order valence-electron chi connectivity index (χ0n) is 9.36. The molecule has 1 rings (SSSR count). The molecule has 0 aliphatic carbocycles. The molecule has 1 amide bonds. The topological polar surface area (TPSA) is 46.3 Å². The highest BCUT2D eigenvalue weighted by Crippen LogP contribution is 2.10. The van der Waals surface area contributed by atoms with E-state index in [9.17, 15) is 4.79 Å². The van der Waals surface area contributed by atoms with Crippen LogP contribution in [0.5, 0.6) is 0 Å². The first-order valence-electron chi connectivity index (χ1n) is 5.13. The highest BCUT2D eigenvalue weighted by Gasteiger charge is 2.06. The summed E-state index contributed by atoms with van der Waals surface area (Å²) in [5, 5.41) is 0. The van der Waals surface area contributed by atoms with Crippen LogP contribution in [0.3, 0.4) is 0 Å². The summed E-state index contributed by atoms with van der Waals surface area (Å²) < 4.78 is 0. The minimum absolute atomic E-state index is 0.338. The average Bonchev–Trinajstić information content (AvgIpc) is 2.17. The number of nitrogens with two attached hydrogens (primary N) is 1. The predicted molar refractivity (Wildman–Crippen MR) is 61.8 cm³/mol. The maximum atomic E-state index is 11.1. The van der Waals surface area contributed by atoms with Crippen LogP contribution in [0.25, 0.3) is 0 Å². The lowest BCUT2D eigenvalue weighted by Crippen LogP contribution is -2.16. The second-order valence-corrected chi connectivity index (χ2v) is 3.93. The first-order valence-corrected chi connectivity index (χ1v) is 5.13. The van der Waals surface area contributed by atoms with Gasteiger partial charge in [-0.2, -0.15) is 0 Å². The van der Waals surface area contributed by atoms with Crippen molar-refractivity contribution >= 4 is 5.91 Å². The van der Waals surface area contributed by atoms with Crippen molar-refractivity contribution in [3.05, 3.63) is 35.4 Å². The van der Waals surface area contributed by atoms with E-state index in [0.29, 0.717) is 5.56 Å². The summed E-state index contributed by atoms with van der Waals surface area (Å²) >= 11 is 0. The van der Waals surface area contributed by atoms with Crippen LogP contribution in [0.2, 0.25) is 0 Å². The van der Waals surface area contributed by atoms with Crippen molar-refractivity contribution < 1.29 is 4.79 Å². The molecule has 0 heterocycles. The van der Waals surface area contributed by atoms with Gasteiger partial charge in [0.15, 0.2) is 0 Å². The number of primary amides is 1. The van der Waals surface area contributed by atoms with Crippen LogP contribution in [0, 0.1) is 0 Å². The van der Waals surface area contributed by atoms with Crippen molar-refractivity contribution in [1.82, 2.24) is 4.90 Å². The molecule has 1 aromatic carbocycles. The van der Waals surface area contributed by atoms with E-state index in [2.05, 4.69) is 4.90 Å². The Hall–Kier alpha value is -1.35.